The predicted molar refractivity (Wildman–Crippen MR) is 161 cm³/mol. The number of hydrogen-bond acceptors (Lipinski definition) is 9. The van der Waals surface area contributed by atoms with Crippen molar-refractivity contribution in [3.8, 4) is 5.75 Å². The van der Waals surface area contributed by atoms with Gasteiger partial charge < -0.3 is 23.8 Å². The van der Waals surface area contributed by atoms with Crippen LogP contribution in [0, 0.1) is 17.6 Å². The summed E-state index contributed by atoms with van der Waals surface area (Å²) in [5.41, 5.74) is 0.596. The lowest BCUT2D eigenvalue weighted by Gasteiger charge is -2.57. The predicted octanol–water partition coefficient (Wildman–Crippen LogP) is 5.09. The molecule has 3 aromatic rings. The Hall–Kier alpha value is -4.10. The average molecular weight is 652 g/mol. The highest BCUT2D eigenvalue weighted by atomic mass is 32.2. The molecule has 1 amide bonds. The van der Waals surface area contributed by atoms with Gasteiger partial charge in [-0.15, -0.1) is 11.8 Å². The van der Waals surface area contributed by atoms with Gasteiger partial charge in [0, 0.05) is 47.9 Å². The maximum absolute atomic E-state index is 15.6. The number of pyridine rings is 1. The second kappa shape index (κ2) is 10.7. The van der Waals surface area contributed by atoms with Gasteiger partial charge in [0.2, 0.25) is 17.5 Å². The van der Waals surface area contributed by atoms with Gasteiger partial charge in [-0.2, -0.15) is 0 Å². The molecule has 2 aromatic carbocycles. The van der Waals surface area contributed by atoms with Gasteiger partial charge >= 0.3 is 6.16 Å². The van der Waals surface area contributed by atoms with Crippen molar-refractivity contribution in [2.75, 3.05) is 18.7 Å². The van der Waals surface area contributed by atoms with Gasteiger partial charge in [-0.1, -0.05) is 24.3 Å². The maximum atomic E-state index is 15.6. The van der Waals surface area contributed by atoms with E-state index in [0.717, 1.165) is 42.9 Å². The van der Waals surface area contributed by atoms with Crippen LogP contribution in [-0.2, 0) is 20.0 Å². The Morgan fingerprint density at radius 2 is 1.93 bits per heavy atom. The van der Waals surface area contributed by atoms with E-state index in [-0.39, 0.29) is 34.8 Å². The molecule has 240 valence electrons. The first-order valence-corrected chi connectivity index (χ1v) is 16.3. The molecule has 5 aliphatic heterocycles. The SMILES string of the molecule is COC(=O)OC(C)Oc1c2n(ccc1=O)N([C@@H]1c3ccccc3SCc3c1ccc(F)c3F)[C@@H]1[C@H]3C[C@@H]4CC[C@@]3(CCN1C2=O)O4. The largest absolute Gasteiger partial charge is 0.511 e. The Morgan fingerprint density at radius 3 is 2.74 bits per heavy atom. The fourth-order valence-electron chi connectivity index (χ4n) is 8.14. The third kappa shape index (κ3) is 4.27. The molecule has 3 saturated heterocycles. The summed E-state index contributed by atoms with van der Waals surface area (Å²) in [5.74, 6) is -2.43. The molecular formula is C33H31F2N3O7S. The van der Waals surface area contributed by atoms with Gasteiger partial charge in [0.1, 0.15) is 6.17 Å². The molecule has 1 spiro atoms. The van der Waals surface area contributed by atoms with Gasteiger partial charge in [0.05, 0.1) is 24.9 Å². The van der Waals surface area contributed by atoms with Crippen molar-refractivity contribution in [2.24, 2.45) is 5.92 Å². The third-order valence-electron chi connectivity index (χ3n) is 10.0. The molecule has 3 fully saturated rings. The number of aromatic nitrogens is 1. The fourth-order valence-corrected chi connectivity index (χ4v) is 9.25. The lowest BCUT2D eigenvalue weighted by Crippen LogP contribution is -2.70. The van der Waals surface area contributed by atoms with Crippen LogP contribution in [0.5, 0.6) is 5.75 Å². The number of rotatable bonds is 4. The van der Waals surface area contributed by atoms with Crippen LogP contribution in [0.4, 0.5) is 13.6 Å². The quantitative estimate of drug-likeness (QED) is 0.282. The molecule has 46 heavy (non-hydrogen) atoms. The van der Waals surface area contributed by atoms with Crippen molar-refractivity contribution >= 4 is 23.8 Å². The number of halogens is 2. The van der Waals surface area contributed by atoms with Crippen LogP contribution in [-0.4, -0.2) is 59.5 Å². The zero-order chi connectivity index (χ0) is 31.9. The van der Waals surface area contributed by atoms with E-state index >= 15 is 4.39 Å². The zero-order valence-electron chi connectivity index (χ0n) is 25.1. The molecule has 5 aliphatic rings. The number of fused-ring (bicyclic) bond motifs is 6. The smallest absolute Gasteiger partial charge is 0.448 e. The van der Waals surface area contributed by atoms with Gasteiger partial charge in [-0.3, -0.25) is 19.3 Å². The minimum Gasteiger partial charge on any atom is -0.448 e. The molecule has 0 radical (unpaired) electrons. The van der Waals surface area contributed by atoms with Crippen molar-refractivity contribution < 1.29 is 37.3 Å². The van der Waals surface area contributed by atoms with Crippen LogP contribution in [0.15, 0.2) is 58.4 Å². The molecule has 0 N–H and O–H groups in total. The molecule has 6 heterocycles. The van der Waals surface area contributed by atoms with Gasteiger partial charge in [-0.25, -0.2) is 13.6 Å². The molecule has 0 aliphatic carbocycles. The van der Waals surface area contributed by atoms with Crippen LogP contribution in [0.3, 0.4) is 0 Å². The highest BCUT2D eigenvalue weighted by molar-refractivity contribution is 7.98. The van der Waals surface area contributed by atoms with E-state index in [2.05, 4.69) is 4.74 Å². The number of methoxy groups -OCH3 is 1. The van der Waals surface area contributed by atoms with E-state index in [1.54, 1.807) is 15.6 Å². The number of ether oxygens (including phenoxy) is 4. The van der Waals surface area contributed by atoms with Gasteiger partial charge in [-0.05, 0) is 48.9 Å². The Kier molecular flexibility index (Phi) is 6.84. The van der Waals surface area contributed by atoms with Crippen molar-refractivity contribution in [2.45, 2.75) is 73.5 Å². The second-order valence-corrected chi connectivity index (χ2v) is 13.4. The second-order valence-electron chi connectivity index (χ2n) is 12.3. The van der Waals surface area contributed by atoms with E-state index in [0.29, 0.717) is 18.5 Å². The number of amides is 1. The van der Waals surface area contributed by atoms with Crippen LogP contribution >= 0.6 is 11.8 Å². The Balaban J connectivity index is 1.38. The number of piperidine rings is 1. The van der Waals surface area contributed by atoms with E-state index in [1.165, 1.54) is 30.9 Å². The molecule has 2 bridgehead atoms. The van der Waals surface area contributed by atoms with E-state index in [4.69, 9.17) is 14.2 Å². The lowest BCUT2D eigenvalue weighted by molar-refractivity contribution is -0.0763. The number of nitrogens with zero attached hydrogens (tertiary/aromatic N) is 3. The molecule has 10 nitrogen and oxygen atoms in total. The maximum Gasteiger partial charge on any atom is 0.511 e. The van der Waals surface area contributed by atoms with Gasteiger partial charge in [0.15, 0.2) is 17.3 Å². The normalized spacial score (nSPS) is 27.9. The Morgan fingerprint density at radius 1 is 1.11 bits per heavy atom. The molecule has 6 atom stereocenters. The van der Waals surface area contributed by atoms with E-state index in [9.17, 15) is 18.8 Å². The number of hydrogen-bond donors (Lipinski definition) is 0. The van der Waals surface area contributed by atoms with Crippen molar-refractivity contribution in [1.29, 1.82) is 0 Å². The minimum absolute atomic E-state index is 0.0531. The minimum atomic E-state index is -1.26. The number of carbonyl (C=O) groups is 2. The number of carbonyl (C=O) groups excluding carboxylic acids is 2. The standard InChI is InChI=1S/C33H31F2N3O7S/c1-17(44-32(41)42-2)43-29-24(39)10-13-37-28(29)31(40)36-14-12-33-11-9-18(45-33)15-22(33)30(36)38(37)27-19-7-8-23(34)26(35)21(19)16-46-25-6-4-3-5-20(25)27/h3-8,10,13,17-18,22,27,30H,9,11-12,14-16H2,1-2H3/t17?,18-,22+,27-,30+,33-/m0/s1. The molecule has 13 heteroatoms. The molecular weight excluding hydrogens is 620 g/mol. The molecule has 1 aromatic heterocycles. The average Bonchev–Trinajstić information content (AvgIpc) is 3.58. The highest BCUT2D eigenvalue weighted by Crippen LogP contribution is 2.57. The van der Waals surface area contributed by atoms with Crippen LogP contribution in [0.25, 0.3) is 0 Å². The first-order valence-electron chi connectivity index (χ1n) is 15.3. The molecule has 0 saturated carbocycles. The summed E-state index contributed by atoms with van der Waals surface area (Å²) < 4.78 is 54.1. The topological polar surface area (TPSA) is 99.5 Å². The first kappa shape index (κ1) is 29.3. The lowest BCUT2D eigenvalue weighted by atomic mass is 9.71. The van der Waals surface area contributed by atoms with E-state index in [1.807, 2.05) is 29.3 Å². The van der Waals surface area contributed by atoms with Crippen LogP contribution < -0.4 is 15.2 Å². The first-order chi connectivity index (χ1) is 22.2. The summed E-state index contributed by atoms with van der Waals surface area (Å²) in [7, 11) is 1.15. The third-order valence-corrected chi connectivity index (χ3v) is 11.2. The molecule has 1 unspecified atom stereocenters. The zero-order valence-corrected chi connectivity index (χ0v) is 25.9. The summed E-state index contributed by atoms with van der Waals surface area (Å²) in [6.45, 7) is 1.77. The fraction of sp³-hybridized carbons (Fsp3) is 0.424. The van der Waals surface area contributed by atoms with Crippen molar-refractivity contribution in [3.63, 3.8) is 0 Å². The molecule has 8 rings (SSSR count). The summed E-state index contributed by atoms with van der Waals surface area (Å²) in [6, 6.07) is 11.1. The number of thioether (sulfide) groups is 1. The van der Waals surface area contributed by atoms with Crippen molar-refractivity contribution in [3.05, 3.63) is 92.9 Å². The van der Waals surface area contributed by atoms with Crippen LogP contribution in [0.2, 0.25) is 0 Å². The summed E-state index contributed by atoms with van der Waals surface area (Å²) >= 11 is 1.42. The van der Waals surface area contributed by atoms with Crippen LogP contribution in [0.1, 0.15) is 65.8 Å². The number of benzene rings is 2. The summed E-state index contributed by atoms with van der Waals surface area (Å²) in [5, 5.41) is 2.02. The van der Waals surface area contributed by atoms with Gasteiger partial charge in [0.25, 0.3) is 5.91 Å². The van der Waals surface area contributed by atoms with Crippen molar-refractivity contribution in [1.82, 2.24) is 9.58 Å². The van der Waals surface area contributed by atoms with E-state index < -0.39 is 53.2 Å². The summed E-state index contributed by atoms with van der Waals surface area (Å²) in [4.78, 5) is 42.4. The Labute approximate surface area is 267 Å². The highest BCUT2D eigenvalue weighted by Gasteiger charge is 2.63. The summed E-state index contributed by atoms with van der Waals surface area (Å²) in [6.07, 6.45) is 1.98. The monoisotopic (exact) mass is 651 g/mol. The Bertz CT molecular complexity index is 1840.